The number of aliphatic carboxylic acids is 1. The van der Waals surface area contributed by atoms with Crippen molar-refractivity contribution in [2.75, 3.05) is 23.4 Å². The lowest BCUT2D eigenvalue weighted by molar-refractivity contribution is -0.137. The second kappa shape index (κ2) is 15.0. The summed E-state index contributed by atoms with van der Waals surface area (Å²) >= 11 is 0. The lowest BCUT2D eigenvalue weighted by Crippen LogP contribution is -2.34. The van der Waals surface area contributed by atoms with Crippen molar-refractivity contribution in [2.24, 2.45) is 0 Å². The van der Waals surface area contributed by atoms with E-state index in [0.717, 1.165) is 11.3 Å². The maximum absolute atomic E-state index is 13.1. The van der Waals surface area contributed by atoms with Gasteiger partial charge < -0.3 is 20.1 Å². The van der Waals surface area contributed by atoms with E-state index in [2.05, 4.69) is 11.9 Å². The molecule has 42 heavy (non-hydrogen) atoms. The number of amides is 1. The zero-order valence-corrected chi connectivity index (χ0v) is 23.3. The topological polar surface area (TPSA) is 95.9 Å². The van der Waals surface area contributed by atoms with Gasteiger partial charge in [0.2, 0.25) is 5.91 Å². The molecule has 4 aromatic carbocycles. The van der Waals surface area contributed by atoms with Gasteiger partial charge in [0.1, 0.15) is 18.4 Å². The normalized spacial score (nSPS) is 11.2. The molecule has 214 valence electrons. The van der Waals surface area contributed by atoms with Gasteiger partial charge in [0.05, 0.1) is 6.54 Å². The van der Waals surface area contributed by atoms with Crippen LogP contribution in [0.3, 0.4) is 0 Å². The van der Waals surface area contributed by atoms with Crippen molar-refractivity contribution in [1.82, 2.24) is 0 Å². The van der Waals surface area contributed by atoms with Crippen molar-refractivity contribution in [3.05, 3.63) is 139 Å². The first-order valence-corrected chi connectivity index (χ1v) is 13.8. The highest BCUT2D eigenvalue weighted by atomic mass is 16.5. The SMILES string of the molecule is C=CCCC(=O)N(CCOc1ccc(C[C@H](Nc2ccccc2C(=O)c2ccccc2)C(=O)O)cc1)c1ccccc1. The van der Waals surface area contributed by atoms with Crippen molar-refractivity contribution < 1.29 is 24.2 Å². The molecule has 4 aromatic rings. The number of rotatable bonds is 15. The van der Waals surface area contributed by atoms with Crippen molar-refractivity contribution in [1.29, 1.82) is 0 Å². The smallest absolute Gasteiger partial charge is 0.326 e. The zero-order chi connectivity index (χ0) is 29.7. The number of anilines is 2. The summed E-state index contributed by atoms with van der Waals surface area (Å²) in [6, 6.07) is 31.5. The fraction of sp³-hybridized carbons (Fsp3) is 0.171. The van der Waals surface area contributed by atoms with E-state index in [1.54, 1.807) is 71.6 Å². The maximum Gasteiger partial charge on any atom is 0.326 e. The number of para-hydroxylation sites is 2. The molecule has 0 aliphatic heterocycles. The lowest BCUT2D eigenvalue weighted by Gasteiger charge is -2.23. The second-order valence-corrected chi connectivity index (χ2v) is 9.68. The minimum absolute atomic E-state index is 0.000646. The highest BCUT2D eigenvalue weighted by molar-refractivity contribution is 6.12. The first kappa shape index (κ1) is 29.8. The van der Waals surface area contributed by atoms with Crippen LogP contribution in [0.2, 0.25) is 0 Å². The largest absolute Gasteiger partial charge is 0.492 e. The van der Waals surface area contributed by atoms with Crippen LogP contribution in [-0.2, 0) is 16.0 Å². The Bertz CT molecular complexity index is 1490. The maximum atomic E-state index is 13.1. The van der Waals surface area contributed by atoms with Crippen molar-refractivity contribution in [2.45, 2.75) is 25.3 Å². The lowest BCUT2D eigenvalue weighted by atomic mass is 10.00. The number of allylic oxidation sites excluding steroid dienone is 1. The van der Waals surface area contributed by atoms with Crippen LogP contribution in [0.15, 0.2) is 122 Å². The summed E-state index contributed by atoms with van der Waals surface area (Å²) in [4.78, 5) is 39.7. The molecule has 0 bridgehead atoms. The minimum atomic E-state index is -1.03. The summed E-state index contributed by atoms with van der Waals surface area (Å²) in [6.45, 7) is 4.37. The van der Waals surface area contributed by atoms with Gasteiger partial charge in [-0.3, -0.25) is 9.59 Å². The average molecular weight is 563 g/mol. The van der Waals surface area contributed by atoms with E-state index in [0.29, 0.717) is 48.6 Å². The molecule has 7 nitrogen and oxygen atoms in total. The third kappa shape index (κ3) is 8.17. The number of benzene rings is 4. The summed E-state index contributed by atoms with van der Waals surface area (Å²) in [5, 5.41) is 13.0. The third-order valence-electron chi connectivity index (χ3n) is 6.71. The molecular weight excluding hydrogens is 528 g/mol. The Morgan fingerprint density at radius 1 is 0.857 bits per heavy atom. The highest BCUT2D eigenvalue weighted by Crippen LogP contribution is 2.22. The Kier molecular flexibility index (Phi) is 10.6. The van der Waals surface area contributed by atoms with Gasteiger partial charge in [0.25, 0.3) is 0 Å². The molecule has 0 saturated carbocycles. The van der Waals surface area contributed by atoms with Crippen LogP contribution in [0.4, 0.5) is 11.4 Å². The molecule has 0 spiro atoms. The summed E-state index contributed by atoms with van der Waals surface area (Å²) in [7, 11) is 0. The number of hydrogen-bond acceptors (Lipinski definition) is 5. The standard InChI is InChI=1S/C35H34N2O5/c1-2-3-18-33(38)37(28-14-8-5-9-15-28)23-24-42-29-21-19-26(20-22-29)25-32(35(40)41)36-31-17-11-10-16-30(31)34(39)27-12-6-4-7-13-27/h2,4-17,19-22,32,36H,1,3,18,23-25H2,(H,40,41)/t32-/m0/s1. The summed E-state index contributed by atoms with van der Waals surface area (Å²) < 4.78 is 5.92. The molecule has 0 aromatic heterocycles. The van der Waals surface area contributed by atoms with Crippen LogP contribution < -0.4 is 15.0 Å². The number of carboxylic acids is 1. The van der Waals surface area contributed by atoms with Gasteiger partial charge in [0, 0.05) is 35.3 Å². The Balaban J connectivity index is 1.38. The van der Waals surface area contributed by atoms with Crippen LogP contribution in [0.5, 0.6) is 5.75 Å². The number of ketones is 1. The molecule has 7 heteroatoms. The fourth-order valence-electron chi connectivity index (χ4n) is 4.52. The van der Waals surface area contributed by atoms with Gasteiger partial charge in [-0.25, -0.2) is 4.79 Å². The van der Waals surface area contributed by atoms with E-state index in [4.69, 9.17) is 4.74 Å². The first-order valence-electron chi connectivity index (χ1n) is 13.8. The molecule has 1 amide bonds. The molecule has 0 fully saturated rings. The Morgan fingerprint density at radius 2 is 1.50 bits per heavy atom. The predicted molar refractivity (Wildman–Crippen MR) is 165 cm³/mol. The molecule has 2 N–H and O–H groups in total. The van der Waals surface area contributed by atoms with Gasteiger partial charge in [-0.1, -0.05) is 78.9 Å². The second-order valence-electron chi connectivity index (χ2n) is 9.68. The first-order chi connectivity index (χ1) is 20.5. The number of carbonyl (C=O) groups excluding carboxylic acids is 2. The minimum Gasteiger partial charge on any atom is -0.492 e. The van der Waals surface area contributed by atoms with Crippen molar-refractivity contribution in [3.8, 4) is 5.75 Å². The van der Waals surface area contributed by atoms with Crippen LogP contribution >= 0.6 is 0 Å². The number of carboxylic acid groups (broad SMARTS) is 1. The van der Waals surface area contributed by atoms with E-state index in [9.17, 15) is 19.5 Å². The zero-order valence-electron chi connectivity index (χ0n) is 23.3. The number of hydrogen-bond donors (Lipinski definition) is 2. The van der Waals surface area contributed by atoms with E-state index >= 15 is 0 Å². The van der Waals surface area contributed by atoms with Crippen LogP contribution in [0, 0.1) is 0 Å². The molecule has 0 unspecified atom stereocenters. The molecule has 0 aliphatic rings. The molecule has 1 atom stereocenters. The van der Waals surface area contributed by atoms with E-state index in [-0.39, 0.29) is 18.1 Å². The van der Waals surface area contributed by atoms with Crippen LogP contribution in [-0.4, -0.2) is 42.0 Å². The summed E-state index contributed by atoms with van der Waals surface area (Å²) in [5.74, 6) is -0.597. The Morgan fingerprint density at radius 3 is 2.17 bits per heavy atom. The van der Waals surface area contributed by atoms with Gasteiger partial charge in [-0.05, 0) is 48.4 Å². The van der Waals surface area contributed by atoms with Gasteiger partial charge in [-0.15, -0.1) is 6.58 Å². The van der Waals surface area contributed by atoms with Gasteiger partial charge in [-0.2, -0.15) is 0 Å². The molecule has 0 aliphatic carbocycles. The fourth-order valence-corrected chi connectivity index (χ4v) is 4.52. The number of carbonyl (C=O) groups is 3. The molecule has 0 saturated heterocycles. The van der Waals surface area contributed by atoms with Crippen LogP contribution in [0.25, 0.3) is 0 Å². The van der Waals surface area contributed by atoms with Gasteiger partial charge >= 0.3 is 5.97 Å². The monoisotopic (exact) mass is 562 g/mol. The molecule has 0 heterocycles. The summed E-state index contributed by atoms with van der Waals surface area (Å²) in [5.41, 5.74) is 3.00. The van der Waals surface area contributed by atoms with Crippen LogP contribution in [0.1, 0.15) is 34.3 Å². The van der Waals surface area contributed by atoms with E-state index < -0.39 is 12.0 Å². The summed E-state index contributed by atoms with van der Waals surface area (Å²) in [6.07, 6.45) is 2.90. The average Bonchev–Trinajstić information content (AvgIpc) is 3.03. The van der Waals surface area contributed by atoms with E-state index in [1.807, 2.05) is 48.5 Å². The molecule has 4 rings (SSSR count). The number of ether oxygens (including phenoxy) is 1. The van der Waals surface area contributed by atoms with Gasteiger partial charge in [0.15, 0.2) is 5.78 Å². The number of nitrogens with zero attached hydrogens (tertiary/aromatic N) is 1. The Hall–Kier alpha value is -5.17. The third-order valence-corrected chi connectivity index (χ3v) is 6.71. The molecule has 0 radical (unpaired) electrons. The van der Waals surface area contributed by atoms with Crippen molar-refractivity contribution >= 4 is 29.0 Å². The van der Waals surface area contributed by atoms with Crippen molar-refractivity contribution in [3.63, 3.8) is 0 Å². The van der Waals surface area contributed by atoms with E-state index in [1.165, 1.54) is 0 Å². The number of nitrogens with one attached hydrogen (secondary N) is 1. The highest BCUT2D eigenvalue weighted by Gasteiger charge is 2.21. The Labute approximate surface area is 246 Å². The quantitative estimate of drug-likeness (QED) is 0.129. The predicted octanol–water partition coefficient (Wildman–Crippen LogP) is 6.40. The molecular formula is C35H34N2O5.